The largest absolute Gasteiger partial charge is 0.443 e. The predicted molar refractivity (Wildman–Crippen MR) is 98.0 cm³/mol. The van der Waals surface area contributed by atoms with Crippen LogP contribution in [-0.4, -0.2) is 5.90 Å². The van der Waals surface area contributed by atoms with Crippen LogP contribution < -0.4 is 0 Å². The second-order valence-electron chi connectivity index (χ2n) is 7.19. The average molecular weight is 386 g/mol. The third kappa shape index (κ3) is 2.07. The minimum atomic E-state index is -2.06. The van der Waals surface area contributed by atoms with E-state index in [1.54, 1.807) is 37.3 Å². The maximum absolute atomic E-state index is 13.5. The topological polar surface area (TPSA) is 114 Å². The molecule has 2 aromatic rings. The molecule has 2 aliphatic rings. The number of benzene rings is 2. The monoisotopic (exact) mass is 386 g/mol. The Kier molecular flexibility index (Phi) is 3.94. The van der Waals surface area contributed by atoms with Gasteiger partial charge in [0.25, 0.3) is 0 Å². The molecule has 6 nitrogen and oxygen atoms in total. The first-order valence-corrected chi connectivity index (χ1v) is 8.92. The number of halogens is 1. The molecule has 0 radical (unpaired) electrons. The molecule has 2 saturated heterocycles. The first-order chi connectivity index (χ1) is 13.9. The highest BCUT2D eigenvalue weighted by molar-refractivity contribution is 5.89. The molecular formula is C22H15FN4O2. The first kappa shape index (κ1) is 18.6. The smallest absolute Gasteiger partial charge is 0.244 e. The Morgan fingerprint density at radius 1 is 0.966 bits per heavy atom. The molecule has 4 atom stereocenters. The third-order valence-corrected chi connectivity index (χ3v) is 6.02. The number of hydrogen-bond acceptors (Lipinski definition) is 6. The van der Waals surface area contributed by atoms with Gasteiger partial charge in [-0.2, -0.15) is 15.8 Å². The SMILES string of the molecule is CC1C2(c3ccccc3)OC(=N)C1(C#N)C(C#N)(C#N)C(c1ccc(F)cc1)O2. The van der Waals surface area contributed by atoms with Crippen LogP contribution in [0.3, 0.4) is 0 Å². The van der Waals surface area contributed by atoms with E-state index in [-0.39, 0.29) is 0 Å². The van der Waals surface area contributed by atoms with Crippen LogP contribution in [0.25, 0.3) is 0 Å². The summed E-state index contributed by atoms with van der Waals surface area (Å²) in [6, 6.07) is 20.0. The lowest BCUT2D eigenvalue weighted by molar-refractivity contribution is -0.288. The van der Waals surface area contributed by atoms with Gasteiger partial charge >= 0.3 is 0 Å². The molecule has 7 heteroatoms. The summed E-state index contributed by atoms with van der Waals surface area (Å²) in [5.41, 5.74) is -3.03. The Morgan fingerprint density at radius 3 is 2.14 bits per heavy atom. The zero-order chi connectivity index (χ0) is 20.9. The molecule has 0 spiro atoms. The van der Waals surface area contributed by atoms with Crippen molar-refractivity contribution in [2.24, 2.45) is 16.7 Å². The van der Waals surface area contributed by atoms with E-state index in [0.29, 0.717) is 11.1 Å². The number of hydrogen-bond donors (Lipinski definition) is 1. The fourth-order valence-corrected chi connectivity index (χ4v) is 4.48. The molecule has 2 heterocycles. The minimum Gasteiger partial charge on any atom is -0.443 e. The molecule has 4 rings (SSSR count). The summed E-state index contributed by atoms with van der Waals surface area (Å²) in [4.78, 5) is 0. The Bertz CT molecular complexity index is 1100. The Labute approximate surface area is 166 Å². The number of nitriles is 3. The van der Waals surface area contributed by atoms with Gasteiger partial charge in [-0.3, -0.25) is 5.41 Å². The van der Waals surface area contributed by atoms with Crippen molar-refractivity contribution in [1.82, 2.24) is 0 Å². The molecule has 142 valence electrons. The van der Waals surface area contributed by atoms with E-state index in [0.717, 1.165) is 0 Å². The number of rotatable bonds is 2. The summed E-state index contributed by atoms with van der Waals surface area (Å²) >= 11 is 0. The Balaban J connectivity index is 2.04. The fraction of sp³-hybridized carbons (Fsp3) is 0.273. The first-order valence-electron chi connectivity index (χ1n) is 8.92. The molecule has 4 unspecified atom stereocenters. The standard InChI is InChI=1S/C22H15FN4O2/c1-14-21(13-26)19(27)29-22(14,16-5-3-2-4-6-16)28-18(20(21,11-24)12-25)15-7-9-17(23)10-8-15/h2-10,14,18,27H,1H3. The molecule has 1 N–H and O–H groups in total. The normalized spacial score (nSPS) is 31.8. The van der Waals surface area contributed by atoms with Gasteiger partial charge in [-0.05, 0) is 17.7 Å². The van der Waals surface area contributed by atoms with Crippen molar-refractivity contribution in [3.63, 3.8) is 0 Å². The third-order valence-electron chi connectivity index (χ3n) is 6.02. The van der Waals surface area contributed by atoms with Gasteiger partial charge < -0.3 is 9.47 Å². The maximum Gasteiger partial charge on any atom is 0.244 e. The van der Waals surface area contributed by atoms with Crippen LogP contribution in [0.5, 0.6) is 0 Å². The summed E-state index contributed by atoms with van der Waals surface area (Å²) in [5.74, 6) is -3.34. The van der Waals surface area contributed by atoms with E-state index in [2.05, 4.69) is 6.07 Å². The van der Waals surface area contributed by atoms with Gasteiger partial charge in [0, 0.05) is 5.56 Å². The average Bonchev–Trinajstić information content (AvgIpc) is 2.91. The van der Waals surface area contributed by atoms with Gasteiger partial charge in [-0.25, -0.2) is 4.39 Å². The molecular weight excluding hydrogens is 371 g/mol. The Hall–Kier alpha value is -3.73. The highest BCUT2D eigenvalue weighted by Crippen LogP contribution is 2.68. The van der Waals surface area contributed by atoms with Crippen molar-refractivity contribution >= 4 is 5.90 Å². The highest BCUT2D eigenvalue weighted by Gasteiger charge is 2.79. The van der Waals surface area contributed by atoms with Crippen molar-refractivity contribution in [3.8, 4) is 18.2 Å². The second-order valence-corrected chi connectivity index (χ2v) is 7.19. The quantitative estimate of drug-likeness (QED) is 0.840. The van der Waals surface area contributed by atoms with Crippen LogP contribution in [0.1, 0.15) is 24.2 Å². The van der Waals surface area contributed by atoms with E-state index < -0.39 is 40.4 Å². The second kappa shape index (κ2) is 6.14. The summed E-state index contributed by atoms with van der Waals surface area (Å²) < 4.78 is 25.7. The van der Waals surface area contributed by atoms with Gasteiger partial charge in [0.1, 0.15) is 11.9 Å². The lowest BCUT2D eigenvalue weighted by atomic mass is 9.53. The van der Waals surface area contributed by atoms with Crippen molar-refractivity contribution in [2.45, 2.75) is 18.8 Å². The van der Waals surface area contributed by atoms with E-state index in [1.807, 2.05) is 12.1 Å². The molecule has 2 bridgehead atoms. The lowest BCUT2D eigenvalue weighted by Crippen LogP contribution is -2.57. The zero-order valence-corrected chi connectivity index (χ0v) is 15.4. The van der Waals surface area contributed by atoms with Gasteiger partial charge in [0.05, 0.1) is 24.1 Å². The van der Waals surface area contributed by atoms with Gasteiger partial charge in [0.15, 0.2) is 5.41 Å². The van der Waals surface area contributed by atoms with Crippen molar-refractivity contribution in [1.29, 1.82) is 21.2 Å². The molecule has 0 aromatic heterocycles. The lowest BCUT2D eigenvalue weighted by Gasteiger charge is -2.48. The van der Waals surface area contributed by atoms with Crippen molar-refractivity contribution < 1.29 is 13.9 Å². The molecule has 0 amide bonds. The van der Waals surface area contributed by atoms with Crippen LogP contribution in [0, 0.1) is 62.0 Å². The maximum atomic E-state index is 13.5. The number of ether oxygens (including phenoxy) is 2. The predicted octanol–water partition coefficient (Wildman–Crippen LogP) is 3.94. The fourth-order valence-electron chi connectivity index (χ4n) is 4.48. The zero-order valence-electron chi connectivity index (χ0n) is 15.4. The van der Waals surface area contributed by atoms with E-state index in [9.17, 15) is 20.2 Å². The molecule has 2 fully saturated rings. The van der Waals surface area contributed by atoms with Crippen molar-refractivity contribution in [3.05, 3.63) is 71.5 Å². The van der Waals surface area contributed by atoms with Crippen LogP contribution >= 0.6 is 0 Å². The summed E-state index contributed by atoms with van der Waals surface area (Å²) in [6.45, 7) is 1.64. The van der Waals surface area contributed by atoms with Gasteiger partial charge in [-0.1, -0.05) is 49.4 Å². The number of nitrogens with zero attached hydrogens (tertiary/aromatic N) is 3. The number of fused-ring (bicyclic) bond motifs is 2. The van der Waals surface area contributed by atoms with Crippen LogP contribution in [-0.2, 0) is 15.3 Å². The summed E-state index contributed by atoms with van der Waals surface area (Å²) in [7, 11) is 0. The molecule has 2 aliphatic heterocycles. The van der Waals surface area contributed by atoms with E-state index in [4.69, 9.17) is 14.9 Å². The minimum absolute atomic E-state index is 0.347. The van der Waals surface area contributed by atoms with Crippen LogP contribution in [0.15, 0.2) is 54.6 Å². The molecule has 29 heavy (non-hydrogen) atoms. The van der Waals surface area contributed by atoms with Gasteiger partial charge in [-0.15, -0.1) is 0 Å². The van der Waals surface area contributed by atoms with E-state index in [1.165, 1.54) is 24.3 Å². The molecule has 2 aromatic carbocycles. The highest BCUT2D eigenvalue weighted by atomic mass is 19.1. The van der Waals surface area contributed by atoms with E-state index >= 15 is 0 Å². The Morgan fingerprint density at radius 2 is 1.59 bits per heavy atom. The number of nitrogens with one attached hydrogen (secondary N) is 1. The molecule has 0 saturated carbocycles. The van der Waals surface area contributed by atoms with Crippen LogP contribution in [0.4, 0.5) is 4.39 Å². The van der Waals surface area contributed by atoms with Crippen molar-refractivity contribution in [2.75, 3.05) is 0 Å². The summed E-state index contributed by atoms with van der Waals surface area (Å²) in [5, 5.41) is 38.9. The van der Waals surface area contributed by atoms with Crippen LogP contribution in [0.2, 0.25) is 0 Å². The summed E-state index contributed by atoms with van der Waals surface area (Å²) in [6.07, 6.45) is -1.24. The molecule has 0 aliphatic carbocycles. The van der Waals surface area contributed by atoms with Gasteiger partial charge in [0.2, 0.25) is 17.1 Å².